The van der Waals surface area contributed by atoms with E-state index in [1.165, 1.54) is 89.9 Å². The summed E-state index contributed by atoms with van der Waals surface area (Å²) in [5.74, 6) is -0.517. The monoisotopic (exact) mass is 440 g/mol. The molecule has 0 aromatic heterocycles. The van der Waals surface area contributed by atoms with Crippen molar-refractivity contribution in [3.63, 3.8) is 0 Å². The van der Waals surface area contributed by atoms with Gasteiger partial charge in [0.25, 0.3) is 0 Å². The van der Waals surface area contributed by atoms with E-state index in [1.54, 1.807) is 0 Å². The summed E-state index contributed by atoms with van der Waals surface area (Å²) in [5, 5.41) is 0. The number of carbonyl (C=O) groups is 2. The van der Waals surface area contributed by atoms with Gasteiger partial charge in [-0.2, -0.15) is 0 Å². The molecule has 1 fully saturated rings. The zero-order valence-corrected chi connectivity index (χ0v) is 20.2. The fourth-order valence-electron chi connectivity index (χ4n) is 3.94. The van der Waals surface area contributed by atoms with Crippen molar-refractivity contribution in [2.24, 2.45) is 0 Å². The summed E-state index contributed by atoms with van der Waals surface area (Å²) in [6.45, 7) is 3.24. The SMILES string of the molecule is CCCCCCCCCCCCCCCCCCOC1COC(=O)CCCC(=O)OC1. The highest BCUT2D eigenvalue weighted by molar-refractivity contribution is 5.72. The summed E-state index contributed by atoms with van der Waals surface area (Å²) in [4.78, 5) is 23.1. The maximum absolute atomic E-state index is 11.6. The summed E-state index contributed by atoms with van der Waals surface area (Å²) in [6, 6.07) is 0. The van der Waals surface area contributed by atoms with Crippen LogP contribution < -0.4 is 0 Å². The Hall–Kier alpha value is -1.10. The third-order valence-electron chi connectivity index (χ3n) is 5.97. The van der Waals surface area contributed by atoms with E-state index in [1.807, 2.05) is 0 Å². The van der Waals surface area contributed by atoms with Crippen LogP contribution in [0.5, 0.6) is 0 Å². The molecule has 1 saturated heterocycles. The number of ether oxygens (including phenoxy) is 3. The van der Waals surface area contributed by atoms with Crippen LogP contribution in [-0.4, -0.2) is 37.9 Å². The van der Waals surface area contributed by atoms with Crippen LogP contribution >= 0.6 is 0 Å². The number of hydrogen-bond donors (Lipinski definition) is 0. The van der Waals surface area contributed by atoms with Crippen molar-refractivity contribution in [2.75, 3.05) is 19.8 Å². The molecule has 0 bridgehead atoms. The molecule has 31 heavy (non-hydrogen) atoms. The molecule has 5 nitrogen and oxygen atoms in total. The van der Waals surface area contributed by atoms with Gasteiger partial charge in [0.05, 0.1) is 0 Å². The fraction of sp³-hybridized carbons (Fsp3) is 0.923. The van der Waals surface area contributed by atoms with Gasteiger partial charge in [0.1, 0.15) is 19.3 Å². The van der Waals surface area contributed by atoms with Gasteiger partial charge < -0.3 is 14.2 Å². The minimum absolute atomic E-state index is 0.172. The lowest BCUT2D eigenvalue weighted by Crippen LogP contribution is -2.30. The summed E-state index contributed by atoms with van der Waals surface area (Å²) >= 11 is 0. The van der Waals surface area contributed by atoms with Crippen LogP contribution in [0.25, 0.3) is 0 Å². The molecule has 5 heteroatoms. The summed E-state index contributed by atoms with van der Waals surface area (Å²) in [5.41, 5.74) is 0. The number of rotatable bonds is 18. The lowest BCUT2D eigenvalue weighted by molar-refractivity contribution is -0.158. The van der Waals surface area contributed by atoms with Crippen molar-refractivity contribution in [3.05, 3.63) is 0 Å². The van der Waals surface area contributed by atoms with Gasteiger partial charge in [-0.1, -0.05) is 103 Å². The lowest BCUT2D eigenvalue weighted by atomic mass is 10.0. The minimum Gasteiger partial charge on any atom is -0.463 e. The van der Waals surface area contributed by atoms with Crippen LogP contribution in [0.4, 0.5) is 0 Å². The zero-order valence-electron chi connectivity index (χ0n) is 20.2. The van der Waals surface area contributed by atoms with Crippen molar-refractivity contribution in [2.45, 2.75) is 135 Å². The molecule has 1 aliphatic heterocycles. The highest BCUT2D eigenvalue weighted by Crippen LogP contribution is 2.14. The molecule has 0 aromatic carbocycles. The molecule has 182 valence electrons. The zero-order chi connectivity index (χ0) is 22.4. The first kappa shape index (κ1) is 27.9. The molecule has 0 radical (unpaired) electrons. The van der Waals surface area contributed by atoms with Gasteiger partial charge in [0.15, 0.2) is 0 Å². The molecule has 0 atom stereocenters. The Morgan fingerprint density at radius 2 is 1.03 bits per heavy atom. The number of hydrogen-bond acceptors (Lipinski definition) is 5. The van der Waals surface area contributed by atoms with Crippen LogP contribution in [0.15, 0.2) is 0 Å². The van der Waals surface area contributed by atoms with Crippen LogP contribution in [0.1, 0.15) is 129 Å². The summed E-state index contributed by atoms with van der Waals surface area (Å²) < 4.78 is 16.2. The average Bonchev–Trinajstić information content (AvgIpc) is 2.77. The van der Waals surface area contributed by atoms with E-state index in [-0.39, 0.29) is 44.1 Å². The summed E-state index contributed by atoms with van der Waals surface area (Å²) in [7, 11) is 0. The maximum Gasteiger partial charge on any atom is 0.305 e. The van der Waals surface area contributed by atoms with Crippen LogP contribution in [0, 0.1) is 0 Å². The van der Waals surface area contributed by atoms with Crippen molar-refractivity contribution in [3.8, 4) is 0 Å². The largest absolute Gasteiger partial charge is 0.463 e. The molecular formula is C26H48O5. The lowest BCUT2D eigenvalue weighted by Gasteiger charge is -2.19. The van der Waals surface area contributed by atoms with E-state index < -0.39 is 0 Å². The van der Waals surface area contributed by atoms with Crippen molar-refractivity contribution in [1.82, 2.24) is 0 Å². The van der Waals surface area contributed by atoms with Gasteiger partial charge in [-0.05, 0) is 12.8 Å². The Balaban J connectivity index is 1.86. The fourth-order valence-corrected chi connectivity index (χ4v) is 3.94. The topological polar surface area (TPSA) is 61.8 Å². The molecule has 1 aliphatic rings. The van der Waals surface area contributed by atoms with Gasteiger partial charge in [0.2, 0.25) is 0 Å². The van der Waals surface area contributed by atoms with Gasteiger partial charge >= 0.3 is 11.9 Å². The molecule has 0 aromatic rings. The standard InChI is InChI=1S/C26H48O5/c1-2-3-4-5-6-7-8-9-10-11-12-13-14-15-16-17-21-29-24-22-30-25(27)19-18-20-26(28)31-23-24/h24H,2-23H2,1H3. The van der Waals surface area contributed by atoms with Gasteiger partial charge in [-0.15, -0.1) is 0 Å². The molecule has 0 spiro atoms. The molecule has 0 unspecified atom stereocenters. The Morgan fingerprint density at radius 1 is 0.645 bits per heavy atom. The Morgan fingerprint density at radius 3 is 1.45 bits per heavy atom. The van der Waals surface area contributed by atoms with Gasteiger partial charge in [-0.3, -0.25) is 9.59 Å². The molecule has 0 saturated carbocycles. The quantitative estimate of drug-likeness (QED) is 0.171. The first-order valence-electron chi connectivity index (χ1n) is 13.1. The highest BCUT2D eigenvalue weighted by Gasteiger charge is 2.18. The molecule has 0 aliphatic carbocycles. The van der Waals surface area contributed by atoms with E-state index >= 15 is 0 Å². The first-order chi connectivity index (χ1) is 15.2. The van der Waals surface area contributed by atoms with Gasteiger partial charge in [-0.25, -0.2) is 0 Å². The number of cyclic esters (lactones) is 2. The molecule has 0 amide bonds. The second-order valence-corrected chi connectivity index (χ2v) is 9.02. The predicted octanol–water partition coefficient (Wildman–Crippen LogP) is 6.90. The smallest absolute Gasteiger partial charge is 0.305 e. The van der Waals surface area contributed by atoms with E-state index in [0.717, 1.165) is 12.8 Å². The average molecular weight is 441 g/mol. The Labute approximate surface area is 191 Å². The molecular weight excluding hydrogens is 392 g/mol. The Bertz CT molecular complexity index is 418. The molecule has 1 rings (SSSR count). The van der Waals surface area contributed by atoms with Crippen LogP contribution in [0.2, 0.25) is 0 Å². The van der Waals surface area contributed by atoms with Gasteiger partial charge in [0, 0.05) is 19.4 Å². The van der Waals surface area contributed by atoms with E-state index in [0.29, 0.717) is 13.0 Å². The molecule has 0 N–H and O–H groups in total. The third-order valence-corrected chi connectivity index (χ3v) is 5.97. The van der Waals surface area contributed by atoms with E-state index in [2.05, 4.69) is 6.92 Å². The third kappa shape index (κ3) is 18.2. The maximum atomic E-state index is 11.6. The van der Waals surface area contributed by atoms with Crippen LogP contribution in [0.3, 0.4) is 0 Å². The first-order valence-corrected chi connectivity index (χ1v) is 13.1. The number of carbonyl (C=O) groups excluding carboxylic acids is 2. The minimum atomic E-state index is -0.345. The van der Waals surface area contributed by atoms with Crippen molar-refractivity contribution < 1.29 is 23.8 Å². The normalized spacial score (nSPS) is 16.2. The number of unbranched alkanes of at least 4 members (excludes halogenated alkanes) is 15. The highest BCUT2D eigenvalue weighted by atomic mass is 16.6. The van der Waals surface area contributed by atoms with Crippen molar-refractivity contribution in [1.29, 1.82) is 0 Å². The predicted molar refractivity (Wildman–Crippen MR) is 125 cm³/mol. The van der Waals surface area contributed by atoms with Crippen molar-refractivity contribution >= 4 is 11.9 Å². The van der Waals surface area contributed by atoms with E-state index in [9.17, 15) is 9.59 Å². The second-order valence-electron chi connectivity index (χ2n) is 9.02. The Kier molecular flexibility index (Phi) is 18.7. The molecule has 1 heterocycles. The summed E-state index contributed by atoms with van der Waals surface area (Å²) in [6.07, 6.45) is 22.2. The number of esters is 2. The van der Waals surface area contributed by atoms with E-state index in [4.69, 9.17) is 14.2 Å². The van der Waals surface area contributed by atoms with Crippen LogP contribution in [-0.2, 0) is 23.8 Å². The second kappa shape index (κ2) is 20.8.